The number of carbonyl (C=O) groups excluding carboxylic acids is 2. The average molecular weight is 527 g/mol. The van der Waals surface area contributed by atoms with Gasteiger partial charge in [-0.2, -0.15) is 0 Å². The van der Waals surface area contributed by atoms with Gasteiger partial charge in [-0.15, -0.1) is 24.0 Å². The van der Waals surface area contributed by atoms with Crippen LogP contribution in [-0.4, -0.2) is 73.9 Å². The predicted molar refractivity (Wildman–Crippen MR) is 130 cm³/mol. The molecule has 0 bridgehead atoms. The number of carbonyl (C=O) groups is 2. The molecule has 0 aromatic heterocycles. The first-order valence-electron chi connectivity index (χ1n) is 10.6. The smallest absolute Gasteiger partial charge is 0.241 e. The molecule has 30 heavy (non-hydrogen) atoms. The van der Waals surface area contributed by atoms with Gasteiger partial charge in [0.15, 0.2) is 5.96 Å². The zero-order valence-electron chi connectivity index (χ0n) is 18.0. The molecule has 3 rings (SSSR count). The molecular formula is C22H34IN5O2. The van der Waals surface area contributed by atoms with Crippen molar-refractivity contribution >= 4 is 41.8 Å². The van der Waals surface area contributed by atoms with Gasteiger partial charge in [0, 0.05) is 46.2 Å². The third-order valence-corrected chi connectivity index (χ3v) is 5.93. The highest BCUT2D eigenvalue weighted by molar-refractivity contribution is 14.0. The maximum atomic E-state index is 12.6. The summed E-state index contributed by atoms with van der Waals surface area (Å²) in [4.78, 5) is 32.1. The Kier molecular flexibility index (Phi) is 9.87. The van der Waals surface area contributed by atoms with Crippen LogP contribution in [0, 0.1) is 5.92 Å². The molecule has 2 fully saturated rings. The Morgan fingerprint density at radius 3 is 2.50 bits per heavy atom. The quantitative estimate of drug-likeness (QED) is 0.349. The van der Waals surface area contributed by atoms with Crippen LogP contribution in [0.2, 0.25) is 0 Å². The van der Waals surface area contributed by atoms with E-state index in [4.69, 9.17) is 0 Å². The molecule has 1 aromatic carbocycles. The summed E-state index contributed by atoms with van der Waals surface area (Å²) >= 11 is 0. The van der Waals surface area contributed by atoms with Crippen LogP contribution < -0.4 is 10.6 Å². The lowest BCUT2D eigenvalue weighted by molar-refractivity contribution is -0.132. The van der Waals surface area contributed by atoms with E-state index < -0.39 is 0 Å². The van der Waals surface area contributed by atoms with E-state index >= 15 is 0 Å². The highest BCUT2D eigenvalue weighted by Gasteiger charge is 2.25. The molecule has 0 radical (unpaired) electrons. The van der Waals surface area contributed by atoms with Crippen LogP contribution in [0.15, 0.2) is 35.3 Å². The lowest BCUT2D eigenvalue weighted by atomic mass is 9.90. The Hall–Kier alpha value is -1.84. The topological polar surface area (TPSA) is 77.0 Å². The Balaban J connectivity index is 0.00000320. The number of benzene rings is 1. The number of guanidine groups is 1. The van der Waals surface area contributed by atoms with Gasteiger partial charge < -0.3 is 20.4 Å². The molecule has 0 spiro atoms. The highest BCUT2D eigenvalue weighted by atomic mass is 127. The first-order valence-corrected chi connectivity index (χ1v) is 10.6. The maximum absolute atomic E-state index is 12.6. The molecule has 7 nitrogen and oxygen atoms in total. The second-order valence-electron chi connectivity index (χ2n) is 8.09. The number of rotatable bonds is 5. The number of likely N-dealkylation sites (tertiary alicyclic amines) is 2. The van der Waals surface area contributed by atoms with Gasteiger partial charge in [0.25, 0.3) is 0 Å². The van der Waals surface area contributed by atoms with Crippen LogP contribution in [0.25, 0.3) is 0 Å². The minimum atomic E-state index is 0. The van der Waals surface area contributed by atoms with Gasteiger partial charge in [0.1, 0.15) is 0 Å². The van der Waals surface area contributed by atoms with Gasteiger partial charge in [0.2, 0.25) is 11.8 Å². The minimum absolute atomic E-state index is 0. The SMILES string of the molecule is CN=C(NCC(=O)N1CCC(Cc2ccccc2)CC1)NC1CCC(=O)N(C)C1.I. The van der Waals surface area contributed by atoms with E-state index in [1.165, 1.54) is 5.56 Å². The number of likely N-dealkylation sites (N-methyl/N-ethyl adjacent to an activating group) is 1. The van der Waals surface area contributed by atoms with Crippen molar-refractivity contribution in [2.45, 2.75) is 38.1 Å². The maximum Gasteiger partial charge on any atom is 0.241 e. The molecule has 1 aromatic rings. The number of hydrogen-bond acceptors (Lipinski definition) is 3. The van der Waals surface area contributed by atoms with Crippen molar-refractivity contribution in [3.63, 3.8) is 0 Å². The fourth-order valence-electron chi connectivity index (χ4n) is 4.12. The Morgan fingerprint density at radius 2 is 1.87 bits per heavy atom. The second kappa shape index (κ2) is 12.1. The summed E-state index contributed by atoms with van der Waals surface area (Å²) in [5, 5.41) is 6.46. The summed E-state index contributed by atoms with van der Waals surface area (Å²) in [5.41, 5.74) is 1.38. The summed E-state index contributed by atoms with van der Waals surface area (Å²) in [5.74, 6) is 1.55. The Labute approximate surface area is 196 Å². The van der Waals surface area contributed by atoms with E-state index in [-0.39, 0.29) is 48.4 Å². The molecular weight excluding hydrogens is 493 g/mol. The van der Waals surface area contributed by atoms with Gasteiger partial charge in [0.05, 0.1) is 6.54 Å². The van der Waals surface area contributed by atoms with E-state index in [2.05, 4.69) is 39.9 Å². The fourth-order valence-corrected chi connectivity index (χ4v) is 4.12. The highest BCUT2D eigenvalue weighted by Crippen LogP contribution is 2.21. The van der Waals surface area contributed by atoms with Crippen molar-refractivity contribution < 1.29 is 9.59 Å². The van der Waals surface area contributed by atoms with Gasteiger partial charge in [-0.25, -0.2) is 0 Å². The molecule has 1 atom stereocenters. The molecule has 2 aliphatic heterocycles. The van der Waals surface area contributed by atoms with Crippen molar-refractivity contribution in [3.05, 3.63) is 35.9 Å². The standard InChI is InChI=1S/C22H33N5O2.HI/c1-23-22(25-19-8-9-20(28)26(2)16-19)24-15-21(29)27-12-10-18(11-13-27)14-17-6-4-3-5-7-17;/h3-7,18-19H,8-16H2,1-2H3,(H2,23,24,25);1H. The Bertz CT molecular complexity index is 719. The molecule has 2 saturated heterocycles. The number of aliphatic imine (C=N–C) groups is 1. The van der Waals surface area contributed by atoms with Crippen LogP contribution in [0.5, 0.6) is 0 Å². The molecule has 2 N–H and O–H groups in total. The van der Waals surface area contributed by atoms with Gasteiger partial charge in [-0.05, 0) is 37.2 Å². The first-order chi connectivity index (χ1) is 14.0. The van der Waals surface area contributed by atoms with E-state index in [0.717, 1.165) is 38.8 Å². The van der Waals surface area contributed by atoms with Crippen LogP contribution >= 0.6 is 24.0 Å². The zero-order chi connectivity index (χ0) is 20.6. The number of nitrogens with zero attached hydrogens (tertiary/aromatic N) is 3. The fraction of sp³-hybridized carbons (Fsp3) is 0.591. The van der Waals surface area contributed by atoms with Gasteiger partial charge in [-0.1, -0.05) is 30.3 Å². The van der Waals surface area contributed by atoms with Crippen molar-refractivity contribution in [1.82, 2.24) is 20.4 Å². The molecule has 8 heteroatoms. The lowest BCUT2D eigenvalue weighted by Gasteiger charge is -2.33. The summed E-state index contributed by atoms with van der Waals surface area (Å²) < 4.78 is 0. The molecule has 2 amide bonds. The molecule has 0 saturated carbocycles. The second-order valence-corrected chi connectivity index (χ2v) is 8.09. The van der Waals surface area contributed by atoms with Crippen LogP contribution in [0.1, 0.15) is 31.2 Å². The van der Waals surface area contributed by atoms with Crippen molar-refractivity contribution in [2.75, 3.05) is 40.3 Å². The Morgan fingerprint density at radius 1 is 1.17 bits per heavy atom. The van der Waals surface area contributed by atoms with Crippen molar-refractivity contribution in [3.8, 4) is 0 Å². The minimum Gasteiger partial charge on any atom is -0.352 e. The van der Waals surface area contributed by atoms with Gasteiger partial charge >= 0.3 is 0 Å². The lowest BCUT2D eigenvalue weighted by Crippen LogP contribution is -2.53. The van der Waals surface area contributed by atoms with Crippen molar-refractivity contribution in [2.24, 2.45) is 10.9 Å². The molecule has 166 valence electrons. The third kappa shape index (κ3) is 7.14. The van der Waals surface area contributed by atoms with Crippen molar-refractivity contribution in [1.29, 1.82) is 0 Å². The summed E-state index contributed by atoms with van der Waals surface area (Å²) in [7, 11) is 3.52. The average Bonchev–Trinajstić information content (AvgIpc) is 2.74. The van der Waals surface area contributed by atoms with Gasteiger partial charge in [-0.3, -0.25) is 14.6 Å². The van der Waals surface area contributed by atoms with E-state index in [1.807, 2.05) is 18.0 Å². The van der Waals surface area contributed by atoms with Crippen LogP contribution in [0.4, 0.5) is 0 Å². The monoisotopic (exact) mass is 527 g/mol. The summed E-state index contributed by atoms with van der Waals surface area (Å²) in [6.07, 6.45) is 4.52. The molecule has 2 aliphatic rings. The normalized spacial score (nSPS) is 20.5. The molecule has 0 aliphatic carbocycles. The number of amides is 2. The number of halogens is 1. The summed E-state index contributed by atoms with van der Waals surface area (Å²) in [6, 6.07) is 10.7. The van der Waals surface area contributed by atoms with Crippen LogP contribution in [-0.2, 0) is 16.0 Å². The summed E-state index contributed by atoms with van der Waals surface area (Å²) in [6.45, 7) is 2.53. The number of hydrogen-bond donors (Lipinski definition) is 2. The van der Waals surface area contributed by atoms with E-state index in [0.29, 0.717) is 24.8 Å². The molecule has 1 unspecified atom stereocenters. The van der Waals surface area contributed by atoms with E-state index in [1.54, 1.807) is 11.9 Å². The number of piperidine rings is 2. The number of nitrogens with one attached hydrogen (secondary N) is 2. The van der Waals surface area contributed by atoms with Crippen LogP contribution in [0.3, 0.4) is 0 Å². The zero-order valence-corrected chi connectivity index (χ0v) is 20.3. The predicted octanol–water partition coefficient (Wildman–Crippen LogP) is 1.87. The third-order valence-electron chi connectivity index (χ3n) is 5.93. The molecule has 2 heterocycles. The first kappa shape index (κ1) is 24.4. The van der Waals surface area contributed by atoms with E-state index in [9.17, 15) is 9.59 Å². The largest absolute Gasteiger partial charge is 0.352 e.